The Morgan fingerprint density at radius 3 is 2.67 bits per heavy atom. The number of rotatable bonds is 6. The van der Waals surface area contributed by atoms with Crippen LogP contribution in [0.3, 0.4) is 0 Å². The number of piperazine rings is 1. The van der Waals surface area contributed by atoms with E-state index in [-0.39, 0.29) is 11.9 Å². The Morgan fingerprint density at radius 2 is 1.91 bits per heavy atom. The number of nitrogens with zero attached hydrogens (tertiary/aromatic N) is 5. The van der Waals surface area contributed by atoms with E-state index in [9.17, 15) is 9.59 Å². The topological polar surface area (TPSA) is 80.6 Å². The van der Waals surface area contributed by atoms with E-state index in [1.807, 2.05) is 36.4 Å². The predicted octanol–water partition coefficient (Wildman–Crippen LogP) is 2.01. The molecule has 0 saturated carbocycles. The maximum atomic E-state index is 13.0. The van der Waals surface area contributed by atoms with Gasteiger partial charge in [0.2, 0.25) is 5.91 Å². The van der Waals surface area contributed by atoms with Crippen LogP contribution >= 0.6 is 0 Å². The minimum absolute atomic E-state index is 0.207. The van der Waals surface area contributed by atoms with Crippen molar-refractivity contribution in [2.24, 2.45) is 0 Å². The second-order valence-electron chi connectivity index (χ2n) is 9.09. The maximum Gasteiger partial charge on any atom is 0.338 e. The van der Waals surface area contributed by atoms with Crippen molar-refractivity contribution in [2.45, 2.75) is 38.0 Å². The van der Waals surface area contributed by atoms with E-state index in [1.165, 1.54) is 11.9 Å². The number of hydrogen-bond donors (Lipinski definition) is 0. The van der Waals surface area contributed by atoms with Crippen LogP contribution in [0.1, 0.15) is 33.5 Å². The van der Waals surface area contributed by atoms with Crippen LogP contribution in [0.5, 0.6) is 0 Å². The molecule has 33 heavy (non-hydrogen) atoms. The first-order chi connectivity index (χ1) is 16.1. The number of carbonyl (C=O) groups excluding carboxylic acids is 2. The first-order valence-corrected chi connectivity index (χ1v) is 11.4. The highest BCUT2D eigenvalue weighted by atomic mass is 16.5. The number of amides is 1. The van der Waals surface area contributed by atoms with Crippen LogP contribution in [0.15, 0.2) is 55.1 Å². The molecule has 0 spiro atoms. The van der Waals surface area contributed by atoms with Crippen molar-refractivity contribution >= 4 is 11.9 Å². The minimum Gasteiger partial charge on any atom is -0.457 e. The maximum absolute atomic E-state index is 13.0. The zero-order valence-electron chi connectivity index (χ0n) is 18.3. The molecule has 2 bridgehead atoms. The van der Waals surface area contributed by atoms with Crippen LogP contribution in [0.4, 0.5) is 0 Å². The first-order valence-electron chi connectivity index (χ1n) is 11.4. The van der Waals surface area contributed by atoms with Crippen molar-refractivity contribution in [3.8, 4) is 5.69 Å². The Balaban J connectivity index is 1.02. The van der Waals surface area contributed by atoms with Gasteiger partial charge in [0.1, 0.15) is 19.3 Å². The molecule has 2 saturated heterocycles. The highest BCUT2D eigenvalue weighted by Gasteiger charge is 2.44. The van der Waals surface area contributed by atoms with E-state index in [1.54, 1.807) is 11.0 Å². The number of likely N-dealkylation sites (tertiary alicyclic amines) is 2. The number of esters is 1. The van der Waals surface area contributed by atoms with Gasteiger partial charge < -0.3 is 9.64 Å². The molecule has 0 N–H and O–H groups in total. The molecule has 3 aliphatic rings. The minimum atomic E-state index is -0.218. The first kappa shape index (κ1) is 20.1. The monoisotopic (exact) mass is 443 g/mol. The number of aromatic nitrogens is 3. The van der Waals surface area contributed by atoms with E-state index >= 15 is 0 Å². The van der Waals surface area contributed by atoms with Gasteiger partial charge in [-0.1, -0.05) is 24.3 Å². The van der Waals surface area contributed by atoms with Crippen LogP contribution < -0.4 is 0 Å². The third kappa shape index (κ3) is 3.80. The number of benzene rings is 2. The highest BCUT2D eigenvalue weighted by Crippen LogP contribution is 2.31. The highest BCUT2D eigenvalue weighted by molar-refractivity contribution is 5.93. The van der Waals surface area contributed by atoms with E-state index < -0.39 is 0 Å². The fourth-order valence-corrected chi connectivity index (χ4v) is 5.33. The van der Waals surface area contributed by atoms with Crippen molar-refractivity contribution in [3.05, 3.63) is 77.4 Å². The molecule has 2 atom stereocenters. The van der Waals surface area contributed by atoms with Crippen LogP contribution in [0.2, 0.25) is 0 Å². The van der Waals surface area contributed by atoms with Crippen molar-refractivity contribution in [3.63, 3.8) is 0 Å². The summed E-state index contributed by atoms with van der Waals surface area (Å²) < 4.78 is 6.81. The molecular weight excluding hydrogens is 418 g/mol. The van der Waals surface area contributed by atoms with Crippen LogP contribution in [-0.4, -0.2) is 68.2 Å². The van der Waals surface area contributed by atoms with Gasteiger partial charge in [0, 0.05) is 37.3 Å². The molecule has 3 aromatic rings. The summed E-state index contributed by atoms with van der Waals surface area (Å²) in [4.78, 5) is 33.2. The van der Waals surface area contributed by atoms with Gasteiger partial charge in [-0.05, 0) is 42.2 Å². The van der Waals surface area contributed by atoms with Gasteiger partial charge in [-0.3, -0.25) is 9.69 Å². The number of cyclic esters (lactones) is 1. The summed E-state index contributed by atoms with van der Waals surface area (Å²) in [7, 11) is 0. The Morgan fingerprint density at radius 1 is 1.06 bits per heavy atom. The zero-order chi connectivity index (χ0) is 22.4. The smallest absolute Gasteiger partial charge is 0.338 e. The van der Waals surface area contributed by atoms with E-state index in [4.69, 9.17) is 4.74 Å². The molecule has 8 nitrogen and oxygen atoms in total. The molecule has 4 heterocycles. The molecule has 8 heteroatoms. The van der Waals surface area contributed by atoms with E-state index in [0.29, 0.717) is 30.7 Å². The summed E-state index contributed by atoms with van der Waals surface area (Å²) >= 11 is 0. The normalized spacial score (nSPS) is 21.5. The standard InChI is InChI=1S/C25H25N5O3/c31-24(10-17-1-4-20(5-2-17)30-16-26-15-27-30)29-13-21-11-22(29)12-28(21)8-7-18-3-6-23-19(9-18)14-33-25(23)32/h1-6,9,15-16,21-22H,7-8,10-14H2. The second kappa shape index (κ2) is 8.12. The molecule has 0 radical (unpaired) electrons. The fraction of sp³-hybridized carbons (Fsp3) is 0.360. The van der Waals surface area contributed by atoms with Gasteiger partial charge in [-0.25, -0.2) is 14.5 Å². The van der Waals surface area contributed by atoms with Crippen LogP contribution in [0, 0.1) is 0 Å². The number of carbonyl (C=O) groups is 2. The second-order valence-corrected chi connectivity index (χ2v) is 9.09. The van der Waals surface area contributed by atoms with Gasteiger partial charge >= 0.3 is 5.97 Å². The predicted molar refractivity (Wildman–Crippen MR) is 120 cm³/mol. The van der Waals surface area contributed by atoms with Crippen molar-refractivity contribution < 1.29 is 14.3 Å². The van der Waals surface area contributed by atoms with Gasteiger partial charge in [0.25, 0.3) is 0 Å². The molecule has 6 rings (SSSR count). The lowest BCUT2D eigenvalue weighted by Gasteiger charge is -2.34. The lowest BCUT2D eigenvalue weighted by atomic mass is 10.0. The van der Waals surface area contributed by atoms with Crippen LogP contribution in [0.25, 0.3) is 5.69 Å². The van der Waals surface area contributed by atoms with E-state index in [0.717, 1.165) is 49.3 Å². The molecular formula is C25H25N5O3. The number of fused-ring (bicyclic) bond motifs is 3. The Kier molecular flexibility index (Phi) is 4.95. The van der Waals surface area contributed by atoms with Crippen molar-refractivity contribution in [1.82, 2.24) is 24.6 Å². The largest absolute Gasteiger partial charge is 0.457 e. The van der Waals surface area contributed by atoms with Gasteiger partial charge in [0.15, 0.2) is 0 Å². The SMILES string of the molecule is O=C1OCc2cc(CCN3CC4CC3CN4C(=O)Cc3ccc(-n4cncn4)cc3)ccc21. The van der Waals surface area contributed by atoms with Gasteiger partial charge in [-0.15, -0.1) is 0 Å². The van der Waals surface area contributed by atoms with E-state index in [2.05, 4.69) is 25.9 Å². The Labute approximate surface area is 191 Å². The average molecular weight is 444 g/mol. The number of hydrogen-bond acceptors (Lipinski definition) is 6. The molecule has 2 fully saturated rings. The quantitative estimate of drug-likeness (QED) is 0.542. The summed E-state index contributed by atoms with van der Waals surface area (Å²) in [6.45, 7) is 3.11. The molecule has 2 unspecified atom stereocenters. The average Bonchev–Trinajstić information content (AvgIpc) is 3.63. The Hall–Kier alpha value is -3.52. The Bertz CT molecular complexity index is 1190. The molecule has 2 aromatic carbocycles. The summed E-state index contributed by atoms with van der Waals surface area (Å²) in [6.07, 6.45) is 5.59. The van der Waals surface area contributed by atoms with Gasteiger partial charge in [0.05, 0.1) is 17.7 Å². The summed E-state index contributed by atoms with van der Waals surface area (Å²) in [5, 5.41) is 4.13. The van der Waals surface area contributed by atoms with Crippen LogP contribution in [-0.2, 0) is 29.0 Å². The van der Waals surface area contributed by atoms with Gasteiger partial charge in [-0.2, -0.15) is 5.10 Å². The number of ether oxygens (including phenoxy) is 1. The lowest BCUT2D eigenvalue weighted by molar-refractivity contribution is -0.132. The van der Waals surface area contributed by atoms with Crippen molar-refractivity contribution in [2.75, 3.05) is 19.6 Å². The summed E-state index contributed by atoms with van der Waals surface area (Å²) in [5.41, 5.74) is 4.87. The van der Waals surface area contributed by atoms with Crippen molar-refractivity contribution in [1.29, 1.82) is 0 Å². The lowest BCUT2D eigenvalue weighted by Crippen LogP contribution is -2.49. The summed E-state index contributed by atoms with van der Waals surface area (Å²) in [5.74, 6) is -0.0109. The molecule has 1 aromatic heterocycles. The molecule has 1 amide bonds. The molecule has 0 aliphatic carbocycles. The molecule has 168 valence electrons. The summed E-state index contributed by atoms with van der Waals surface area (Å²) in [6, 6.07) is 14.7. The third-order valence-corrected chi connectivity index (χ3v) is 7.09. The zero-order valence-corrected chi connectivity index (χ0v) is 18.3. The fourth-order valence-electron chi connectivity index (χ4n) is 5.33. The third-order valence-electron chi connectivity index (χ3n) is 7.09. The molecule has 3 aliphatic heterocycles.